The largest absolute Gasteiger partial charge is 0.325 e. The maximum atomic E-state index is 5.40. The molecule has 0 unspecified atom stereocenters. The lowest BCUT2D eigenvalue weighted by Crippen LogP contribution is -1.95. The number of hydrogen-bond donors (Lipinski definition) is 1. The van der Waals surface area contributed by atoms with Crippen LogP contribution in [0.5, 0.6) is 0 Å². The topological polar surface area (TPSA) is 56.7 Å². The van der Waals surface area contributed by atoms with E-state index in [1.54, 1.807) is 16.0 Å². The van der Waals surface area contributed by atoms with Crippen LogP contribution in [-0.4, -0.2) is 15.0 Å². The number of nitrogens with two attached hydrogens (primary N) is 1. The lowest BCUT2D eigenvalue weighted by molar-refractivity contribution is 0.807. The van der Waals surface area contributed by atoms with Crippen LogP contribution in [0, 0.1) is 0 Å². The van der Waals surface area contributed by atoms with Gasteiger partial charge in [0.05, 0.1) is 11.9 Å². The third kappa shape index (κ3) is 2.68. The van der Waals surface area contributed by atoms with Gasteiger partial charge in [0.1, 0.15) is 5.00 Å². The second-order valence-corrected chi connectivity index (χ2v) is 3.24. The molecular formula is C7H10Cl2N4S. The third-order valence-corrected chi connectivity index (χ3v) is 2.34. The predicted molar refractivity (Wildman–Crippen MR) is 61.6 cm³/mol. The van der Waals surface area contributed by atoms with E-state index in [1.165, 1.54) is 0 Å². The van der Waals surface area contributed by atoms with Gasteiger partial charge in [0.15, 0.2) is 0 Å². The molecule has 0 spiro atoms. The van der Waals surface area contributed by atoms with Crippen LogP contribution in [0.3, 0.4) is 0 Å². The first-order valence-electron chi connectivity index (χ1n) is 3.55. The van der Waals surface area contributed by atoms with Gasteiger partial charge < -0.3 is 5.73 Å². The molecule has 2 aromatic heterocycles. The molecule has 2 rings (SSSR count). The number of aromatic nitrogens is 3. The zero-order valence-electron chi connectivity index (χ0n) is 7.16. The Balaban J connectivity index is 0.000000845. The highest BCUT2D eigenvalue weighted by molar-refractivity contribution is 7.12. The van der Waals surface area contributed by atoms with Crippen LogP contribution < -0.4 is 5.73 Å². The van der Waals surface area contributed by atoms with Crippen LogP contribution in [0.25, 0.3) is 5.00 Å². The van der Waals surface area contributed by atoms with Gasteiger partial charge in [0.2, 0.25) is 0 Å². The molecule has 0 aliphatic rings. The molecule has 2 aromatic rings. The van der Waals surface area contributed by atoms with Crippen molar-refractivity contribution in [2.24, 2.45) is 5.73 Å². The molecule has 0 aromatic carbocycles. The summed E-state index contributed by atoms with van der Waals surface area (Å²) in [6, 6.07) is 3.96. The molecule has 2 N–H and O–H groups in total. The summed E-state index contributed by atoms with van der Waals surface area (Å²) in [5.74, 6) is 0. The number of rotatable bonds is 2. The molecule has 0 amide bonds. The minimum absolute atomic E-state index is 0. The van der Waals surface area contributed by atoms with Gasteiger partial charge in [0.25, 0.3) is 0 Å². The van der Waals surface area contributed by atoms with E-state index in [4.69, 9.17) is 5.73 Å². The average molecular weight is 253 g/mol. The first kappa shape index (κ1) is 13.4. The van der Waals surface area contributed by atoms with Crippen LogP contribution in [0.1, 0.15) is 5.69 Å². The van der Waals surface area contributed by atoms with E-state index in [0.29, 0.717) is 6.54 Å². The summed E-state index contributed by atoms with van der Waals surface area (Å²) in [6.45, 7) is 0.436. The van der Waals surface area contributed by atoms with E-state index in [-0.39, 0.29) is 24.8 Å². The molecule has 0 radical (unpaired) electrons. The monoisotopic (exact) mass is 252 g/mol. The molecule has 0 saturated heterocycles. The predicted octanol–water partition coefficient (Wildman–Crippen LogP) is 1.63. The first-order valence-corrected chi connectivity index (χ1v) is 4.43. The Morgan fingerprint density at radius 3 is 2.71 bits per heavy atom. The van der Waals surface area contributed by atoms with Crippen molar-refractivity contribution in [1.29, 1.82) is 0 Å². The Kier molecular flexibility index (Phi) is 5.71. The molecule has 78 valence electrons. The van der Waals surface area contributed by atoms with Gasteiger partial charge in [-0.15, -0.1) is 41.2 Å². The van der Waals surface area contributed by atoms with Crippen LogP contribution >= 0.6 is 36.2 Å². The molecule has 0 saturated carbocycles. The van der Waals surface area contributed by atoms with Crippen LogP contribution in [0.4, 0.5) is 0 Å². The molecule has 7 heteroatoms. The third-order valence-electron chi connectivity index (χ3n) is 1.48. The Labute approximate surface area is 97.9 Å². The number of thiophene rings is 1. The maximum absolute atomic E-state index is 5.40. The minimum atomic E-state index is 0. The molecule has 0 fully saturated rings. The van der Waals surface area contributed by atoms with Crippen molar-refractivity contribution in [3.8, 4) is 5.00 Å². The lowest BCUT2D eigenvalue weighted by atomic mass is 10.5. The number of hydrogen-bond acceptors (Lipinski definition) is 4. The van der Waals surface area contributed by atoms with Crippen molar-refractivity contribution < 1.29 is 0 Å². The molecule has 14 heavy (non-hydrogen) atoms. The average Bonchev–Trinajstić information content (AvgIpc) is 2.75. The number of nitrogens with zero attached hydrogens (tertiary/aromatic N) is 3. The zero-order valence-corrected chi connectivity index (χ0v) is 9.61. The molecule has 2 heterocycles. The molecule has 4 nitrogen and oxygen atoms in total. The number of halogens is 2. The Bertz CT molecular complexity index is 359. The van der Waals surface area contributed by atoms with Gasteiger partial charge in [-0.2, -0.15) is 0 Å². The normalized spacial score (nSPS) is 8.93. The molecular weight excluding hydrogens is 243 g/mol. The molecule has 0 bridgehead atoms. The fraction of sp³-hybridized carbons (Fsp3) is 0.143. The van der Waals surface area contributed by atoms with E-state index in [9.17, 15) is 0 Å². The minimum Gasteiger partial charge on any atom is -0.325 e. The maximum Gasteiger partial charge on any atom is 0.119 e. The van der Waals surface area contributed by atoms with Gasteiger partial charge in [0, 0.05) is 6.54 Å². The van der Waals surface area contributed by atoms with Crippen molar-refractivity contribution in [3.63, 3.8) is 0 Å². The van der Waals surface area contributed by atoms with Crippen molar-refractivity contribution in [2.45, 2.75) is 6.54 Å². The summed E-state index contributed by atoms with van der Waals surface area (Å²) >= 11 is 1.62. The summed E-state index contributed by atoms with van der Waals surface area (Å²) in [5.41, 5.74) is 6.21. The summed E-state index contributed by atoms with van der Waals surface area (Å²) in [4.78, 5) is 0. The SMILES string of the molecule is Cl.Cl.NCc1cn(-c2cccs2)nn1. The molecule has 0 atom stereocenters. The van der Waals surface area contributed by atoms with Gasteiger partial charge in [-0.1, -0.05) is 5.21 Å². The van der Waals surface area contributed by atoms with E-state index in [0.717, 1.165) is 10.7 Å². The second kappa shape index (κ2) is 5.98. The fourth-order valence-electron chi connectivity index (χ4n) is 0.900. The first-order chi connectivity index (χ1) is 5.90. The quantitative estimate of drug-likeness (QED) is 0.884. The van der Waals surface area contributed by atoms with E-state index in [1.807, 2.05) is 23.7 Å². The van der Waals surface area contributed by atoms with Gasteiger partial charge in [-0.25, -0.2) is 4.68 Å². The summed E-state index contributed by atoms with van der Waals surface area (Å²) in [7, 11) is 0. The van der Waals surface area contributed by atoms with E-state index < -0.39 is 0 Å². The van der Waals surface area contributed by atoms with Crippen LogP contribution in [-0.2, 0) is 6.54 Å². The van der Waals surface area contributed by atoms with Gasteiger partial charge in [-0.3, -0.25) is 0 Å². The highest BCUT2D eigenvalue weighted by Crippen LogP contribution is 2.12. The summed E-state index contributed by atoms with van der Waals surface area (Å²) < 4.78 is 1.73. The van der Waals surface area contributed by atoms with Crippen LogP contribution in [0.15, 0.2) is 23.7 Å². The van der Waals surface area contributed by atoms with Gasteiger partial charge >= 0.3 is 0 Å². The van der Waals surface area contributed by atoms with Crippen LogP contribution in [0.2, 0.25) is 0 Å². The summed E-state index contributed by atoms with van der Waals surface area (Å²) in [5, 5.41) is 10.9. The van der Waals surface area contributed by atoms with E-state index >= 15 is 0 Å². The van der Waals surface area contributed by atoms with Crippen molar-refractivity contribution >= 4 is 36.2 Å². The summed E-state index contributed by atoms with van der Waals surface area (Å²) in [6.07, 6.45) is 1.84. The molecule has 0 aliphatic carbocycles. The highest BCUT2D eigenvalue weighted by Gasteiger charge is 2.00. The lowest BCUT2D eigenvalue weighted by Gasteiger charge is -1.90. The Morgan fingerprint density at radius 2 is 2.21 bits per heavy atom. The Hall–Kier alpha value is -0.620. The Morgan fingerprint density at radius 1 is 1.43 bits per heavy atom. The molecule has 0 aliphatic heterocycles. The smallest absolute Gasteiger partial charge is 0.119 e. The van der Waals surface area contributed by atoms with Crippen molar-refractivity contribution in [2.75, 3.05) is 0 Å². The van der Waals surface area contributed by atoms with Crippen molar-refractivity contribution in [1.82, 2.24) is 15.0 Å². The highest BCUT2D eigenvalue weighted by atomic mass is 35.5. The fourth-order valence-corrected chi connectivity index (χ4v) is 1.55. The zero-order chi connectivity index (χ0) is 8.39. The van der Waals surface area contributed by atoms with Gasteiger partial charge in [-0.05, 0) is 17.5 Å². The van der Waals surface area contributed by atoms with Crippen molar-refractivity contribution in [3.05, 3.63) is 29.4 Å². The second-order valence-electron chi connectivity index (χ2n) is 2.31. The standard InChI is InChI=1S/C7H8N4S.2ClH/c8-4-6-5-11(10-9-6)7-2-1-3-12-7;;/h1-3,5H,4,8H2;2*1H. The van der Waals surface area contributed by atoms with E-state index in [2.05, 4.69) is 10.3 Å².